The van der Waals surface area contributed by atoms with Crippen LogP contribution < -0.4 is 0 Å². The summed E-state index contributed by atoms with van der Waals surface area (Å²) in [6, 6.07) is 2.92. The third-order valence-corrected chi connectivity index (χ3v) is 8.40. The van der Waals surface area contributed by atoms with Crippen LogP contribution in [0.5, 0.6) is 0 Å². The Balaban J connectivity index is 1.29. The summed E-state index contributed by atoms with van der Waals surface area (Å²) in [6.45, 7) is 2.29. The normalized spacial score (nSPS) is 32.6. The fraction of sp³-hybridized carbons (Fsp3) is 0.769. The highest BCUT2D eigenvalue weighted by molar-refractivity contribution is 5.31. The summed E-state index contributed by atoms with van der Waals surface area (Å²) in [4.78, 5) is 0. The van der Waals surface area contributed by atoms with Gasteiger partial charge in [0.25, 0.3) is 0 Å². The lowest BCUT2D eigenvalue weighted by atomic mass is 9.61. The van der Waals surface area contributed by atoms with E-state index in [2.05, 4.69) is 6.92 Å². The average Bonchev–Trinajstić information content (AvgIpc) is 2.71. The van der Waals surface area contributed by atoms with Gasteiger partial charge in [0.05, 0.1) is 0 Å². The molecule has 5 atom stereocenters. The summed E-state index contributed by atoms with van der Waals surface area (Å²) in [7, 11) is 0. The first-order valence-corrected chi connectivity index (χ1v) is 12.1. The molecule has 1 aromatic carbocycles. The molecule has 5 unspecified atom stereocenters. The van der Waals surface area contributed by atoms with Crippen molar-refractivity contribution in [3.63, 3.8) is 0 Å². The first-order chi connectivity index (χ1) is 13.6. The molecule has 0 bridgehead atoms. The van der Waals surface area contributed by atoms with Crippen LogP contribution >= 0.6 is 0 Å². The zero-order chi connectivity index (χ0) is 19.5. The number of rotatable bonds is 6. The Morgan fingerprint density at radius 3 is 2.21 bits per heavy atom. The quantitative estimate of drug-likeness (QED) is 0.435. The highest BCUT2D eigenvalue weighted by atomic mass is 19.2. The lowest BCUT2D eigenvalue weighted by Gasteiger charge is -2.45. The minimum atomic E-state index is -0.677. The monoisotopic (exact) mass is 388 g/mol. The molecule has 2 saturated carbocycles. The predicted octanol–water partition coefficient (Wildman–Crippen LogP) is 7.87. The predicted molar refractivity (Wildman–Crippen MR) is 112 cm³/mol. The number of benzene rings is 1. The van der Waals surface area contributed by atoms with E-state index in [1.165, 1.54) is 89.2 Å². The number of fused-ring (bicyclic) bond motifs is 2. The zero-order valence-electron chi connectivity index (χ0n) is 17.7. The maximum absolute atomic E-state index is 13.7. The number of hydrogen-bond acceptors (Lipinski definition) is 0. The molecule has 4 rings (SSSR count). The van der Waals surface area contributed by atoms with Crippen LogP contribution in [-0.2, 0) is 12.8 Å². The second kappa shape index (κ2) is 9.26. The van der Waals surface area contributed by atoms with Gasteiger partial charge < -0.3 is 0 Å². The van der Waals surface area contributed by atoms with Gasteiger partial charge in [-0.1, -0.05) is 45.4 Å². The molecule has 0 nitrogen and oxygen atoms in total. The third kappa shape index (κ3) is 4.62. The summed E-state index contributed by atoms with van der Waals surface area (Å²) in [5.41, 5.74) is 2.13. The summed E-state index contributed by atoms with van der Waals surface area (Å²) in [6.07, 6.45) is 18.7. The molecular formula is C26H38F2. The second-order valence-corrected chi connectivity index (χ2v) is 10.2. The van der Waals surface area contributed by atoms with Crippen LogP contribution in [0.15, 0.2) is 12.1 Å². The van der Waals surface area contributed by atoms with Crippen LogP contribution in [-0.4, -0.2) is 0 Å². The van der Waals surface area contributed by atoms with Gasteiger partial charge in [-0.3, -0.25) is 0 Å². The van der Waals surface area contributed by atoms with Crippen molar-refractivity contribution in [1.82, 2.24) is 0 Å². The highest BCUT2D eigenvalue weighted by Gasteiger charge is 2.38. The van der Waals surface area contributed by atoms with Crippen molar-refractivity contribution in [2.75, 3.05) is 0 Å². The summed E-state index contributed by atoms with van der Waals surface area (Å²) < 4.78 is 27.2. The number of hydrogen-bond donors (Lipinski definition) is 0. The van der Waals surface area contributed by atoms with E-state index in [0.29, 0.717) is 5.92 Å². The van der Waals surface area contributed by atoms with Crippen LogP contribution in [0.25, 0.3) is 0 Å². The fourth-order valence-corrected chi connectivity index (χ4v) is 6.75. The van der Waals surface area contributed by atoms with Gasteiger partial charge in [-0.25, -0.2) is 8.78 Å². The molecule has 3 aliphatic carbocycles. The van der Waals surface area contributed by atoms with Crippen molar-refractivity contribution >= 4 is 0 Å². The summed E-state index contributed by atoms with van der Waals surface area (Å²) in [5, 5.41) is 0. The molecule has 0 spiro atoms. The second-order valence-electron chi connectivity index (χ2n) is 10.2. The molecule has 0 aliphatic heterocycles. The maximum atomic E-state index is 13.7. The van der Waals surface area contributed by atoms with Gasteiger partial charge in [0.15, 0.2) is 11.6 Å². The lowest BCUT2D eigenvalue weighted by molar-refractivity contribution is 0.0689. The van der Waals surface area contributed by atoms with Crippen LogP contribution in [0.4, 0.5) is 8.78 Å². The highest BCUT2D eigenvalue weighted by Crippen LogP contribution is 2.49. The zero-order valence-corrected chi connectivity index (χ0v) is 17.7. The van der Waals surface area contributed by atoms with Gasteiger partial charge >= 0.3 is 0 Å². The Bertz CT molecular complexity index is 652. The van der Waals surface area contributed by atoms with Gasteiger partial charge in [-0.2, -0.15) is 0 Å². The fourth-order valence-electron chi connectivity index (χ4n) is 6.75. The molecule has 0 aromatic heterocycles. The molecular weight excluding hydrogens is 350 g/mol. The van der Waals surface area contributed by atoms with E-state index in [-0.39, 0.29) is 0 Å². The molecule has 0 amide bonds. The van der Waals surface area contributed by atoms with E-state index in [1.54, 1.807) is 0 Å². The number of unbranched alkanes of at least 4 members (excludes halogenated alkanes) is 3. The number of halogens is 2. The van der Waals surface area contributed by atoms with E-state index in [0.717, 1.165) is 47.6 Å². The van der Waals surface area contributed by atoms with Crippen molar-refractivity contribution in [3.8, 4) is 0 Å². The molecule has 0 saturated heterocycles. The molecule has 1 aromatic rings. The van der Waals surface area contributed by atoms with Gasteiger partial charge in [-0.05, 0) is 104 Å². The summed E-state index contributed by atoms with van der Waals surface area (Å²) in [5.74, 6) is 3.06. The topological polar surface area (TPSA) is 0 Å². The molecule has 2 heteroatoms. The molecule has 2 fully saturated rings. The minimum Gasteiger partial charge on any atom is -0.204 e. The first-order valence-electron chi connectivity index (χ1n) is 12.1. The SMILES string of the molecule is CCCCCCC1CCC2CC(C3CCc4cc(F)c(F)cc4C3)CCC2C1. The van der Waals surface area contributed by atoms with E-state index in [9.17, 15) is 8.78 Å². The van der Waals surface area contributed by atoms with Crippen molar-refractivity contribution in [3.05, 3.63) is 34.9 Å². The van der Waals surface area contributed by atoms with Gasteiger partial charge in [0.2, 0.25) is 0 Å². The Morgan fingerprint density at radius 1 is 0.750 bits per heavy atom. The number of aryl methyl sites for hydroxylation is 1. The average molecular weight is 389 g/mol. The molecule has 0 heterocycles. The molecule has 0 radical (unpaired) electrons. The van der Waals surface area contributed by atoms with Gasteiger partial charge in [0.1, 0.15) is 0 Å². The lowest BCUT2D eigenvalue weighted by Crippen LogP contribution is -2.35. The van der Waals surface area contributed by atoms with E-state index in [4.69, 9.17) is 0 Å². The maximum Gasteiger partial charge on any atom is 0.159 e. The van der Waals surface area contributed by atoms with Crippen molar-refractivity contribution in [2.45, 2.75) is 96.8 Å². The Morgan fingerprint density at radius 2 is 1.43 bits per heavy atom. The first kappa shape index (κ1) is 20.4. The van der Waals surface area contributed by atoms with E-state index >= 15 is 0 Å². The smallest absolute Gasteiger partial charge is 0.159 e. The third-order valence-electron chi connectivity index (χ3n) is 8.40. The largest absolute Gasteiger partial charge is 0.204 e. The van der Waals surface area contributed by atoms with Crippen LogP contribution in [0, 0.1) is 41.2 Å². The molecule has 3 aliphatic rings. The Kier molecular flexibility index (Phi) is 6.74. The van der Waals surface area contributed by atoms with E-state index in [1.807, 2.05) is 0 Å². The minimum absolute atomic E-state index is 0.666. The van der Waals surface area contributed by atoms with Crippen LogP contribution in [0.1, 0.15) is 95.1 Å². The molecule has 0 N–H and O–H groups in total. The van der Waals surface area contributed by atoms with Gasteiger partial charge in [-0.15, -0.1) is 0 Å². The molecule has 156 valence electrons. The van der Waals surface area contributed by atoms with Crippen molar-refractivity contribution in [2.24, 2.45) is 29.6 Å². The molecule has 28 heavy (non-hydrogen) atoms. The van der Waals surface area contributed by atoms with Crippen molar-refractivity contribution in [1.29, 1.82) is 0 Å². The van der Waals surface area contributed by atoms with Crippen molar-refractivity contribution < 1.29 is 8.78 Å². The standard InChI is InChI=1S/C26H38F2/c1-2-3-4-5-6-18-7-8-20-14-21(10-9-19(20)13-18)22-11-12-23-16-25(27)26(28)17-24(23)15-22/h16-22H,2-15H2,1H3. The Labute approximate surface area is 170 Å². The van der Waals surface area contributed by atoms with Gasteiger partial charge in [0, 0.05) is 0 Å². The van der Waals surface area contributed by atoms with Crippen LogP contribution in [0.3, 0.4) is 0 Å². The van der Waals surface area contributed by atoms with E-state index < -0.39 is 11.6 Å². The summed E-state index contributed by atoms with van der Waals surface area (Å²) >= 11 is 0. The van der Waals surface area contributed by atoms with Crippen LogP contribution in [0.2, 0.25) is 0 Å². The Hall–Kier alpha value is -0.920.